The molecule has 0 radical (unpaired) electrons. The van der Waals surface area contributed by atoms with E-state index < -0.39 is 0 Å². The molecule has 1 aliphatic rings. The molecule has 0 saturated carbocycles. The molecule has 2 nitrogen and oxygen atoms in total. The molecule has 5 heteroatoms. The van der Waals surface area contributed by atoms with Gasteiger partial charge in [0.1, 0.15) is 0 Å². The molecule has 0 bridgehead atoms. The number of fused-ring (bicyclic) bond motifs is 1. The molecule has 1 atom stereocenters. The summed E-state index contributed by atoms with van der Waals surface area (Å²) >= 11 is 9.26. The summed E-state index contributed by atoms with van der Waals surface area (Å²) in [5.74, 6) is 2.97. The molecule has 0 spiro atoms. The van der Waals surface area contributed by atoms with Gasteiger partial charge < -0.3 is 5.32 Å². The number of halogens is 1. The van der Waals surface area contributed by atoms with Crippen LogP contribution < -0.4 is 5.32 Å². The van der Waals surface area contributed by atoms with E-state index in [1.807, 2.05) is 18.7 Å². The van der Waals surface area contributed by atoms with Gasteiger partial charge in [-0.05, 0) is 43.6 Å². The lowest BCUT2D eigenvalue weighted by molar-refractivity contribution is 0.0942. The molecule has 1 aromatic rings. The Hall–Kier alpha value is -0.190. The van der Waals surface area contributed by atoms with Crippen LogP contribution >= 0.6 is 34.7 Å². The predicted molar refractivity (Wildman–Crippen MR) is 81.1 cm³/mol. The van der Waals surface area contributed by atoms with Crippen LogP contribution in [0.2, 0.25) is 0 Å². The van der Waals surface area contributed by atoms with Gasteiger partial charge in [-0.15, -0.1) is 22.9 Å². The summed E-state index contributed by atoms with van der Waals surface area (Å²) in [5.41, 5.74) is 1.36. The number of carbonyl (C=O) groups excluding carboxylic acids is 1. The maximum Gasteiger partial charge on any atom is 0.261 e. The monoisotopic (exact) mass is 303 g/mol. The van der Waals surface area contributed by atoms with Crippen LogP contribution in [0.25, 0.3) is 0 Å². The first-order valence-electron chi connectivity index (χ1n) is 6.27. The first-order chi connectivity index (χ1) is 8.70. The van der Waals surface area contributed by atoms with E-state index in [0.29, 0.717) is 5.88 Å². The molecule has 1 amide bonds. The van der Waals surface area contributed by atoms with E-state index in [1.54, 1.807) is 11.3 Å². The first-order valence-corrected chi connectivity index (χ1v) is 8.77. The van der Waals surface area contributed by atoms with Crippen molar-refractivity contribution in [1.29, 1.82) is 0 Å². The molecule has 2 heterocycles. The SMILES string of the molecule is CC(CCCCl)NC(=O)c1cc2c(s1)CCSC2. The zero-order valence-electron chi connectivity index (χ0n) is 10.5. The van der Waals surface area contributed by atoms with E-state index in [9.17, 15) is 4.79 Å². The fourth-order valence-electron chi connectivity index (χ4n) is 2.01. The summed E-state index contributed by atoms with van der Waals surface area (Å²) < 4.78 is 0. The van der Waals surface area contributed by atoms with Crippen molar-refractivity contribution >= 4 is 40.6 Å². The number of amides is 1. The minimum atomic E-state index is 0.0708. The third-order valence-electron chi connectivity index (χ3n) is 3.00. The largest absolute Gasteiger partial charge is 0.349 e. The Kier molecular flexibility index (Phi) is 5.39. The molecule has 0 aromatic carbocycles. The molecule has 18 heavy (non-hydrogen) atoms. The summed E-state index contributed by atoms with van der Waals surface area (Å²) in [5, 5.41) is 3.05. The van der Waals surface area contributed by atoms with E-state index >= 15 is 0 Å². The van der Waals surface area contributed by atoms with Crippen molar-refractivity contribution in [3.05, 3.63) is 21.4 Å². The molecule has 1 aromatic heterocycles. The lowest BCUT2D eigenvalue weighted by Crippen LogP contribution is -2.32. The molecule has 1 N–H and O–H groups in total. The second-order valence-electron chi connectivity index (χ2n) is 4.57. The Morgan fingerprint density at radius 1 is 1.61 bits per heavy atom. The molecule has 2 rings (SSSR count). The summed E-state index contributed by atoms with van der Waals surface area (Å²) in [4.78, 5) is 14.4. The highest BCUT2D eigenvalue weighted by Crippen LogP contribution is 2.31. The van der Waals surface area contributed by atoms with Crippen LogP contribution in [0.5, 0.6) is 0 Å². The Morgan fingerprint density at radius 3 is 3.17 bits per heavy atom. The number of thiophene rings is 1. The third kappa shape index (κ3) is 3.65. The van der Waals surface area contributed by atoms with Crippen LogP contribution in [0.15, 0.2) is 6.07 Å². The van der Waals surface area contributed by atoms with Crippen LogP contribution in [0.1, 0.15) is 39.9 Å². The smallest absolute Gasteiger partial charge is 0.261 e. The van der Waals surface area contributed by atoms with Crippen LogP contribution in [-0.4, -0.2) is 23.6 Å². The number of aryl methyl sites for hydroxylation is 1. The van der Waals surface area contributed by atoms with Gasteiger partial charge in [0.2, 0.25) is 0 Å². The van der Waals surface area contributed by atoms with Gasteiger partial charge in [-0.3, -0.25) is 4.79 Å². The minimum Gasteiger partial charge on any atom is -0.349 e. The van der Waals surface area contributed by atoms with Gasteiger partial charge in [0.05, 0.1) is 4.88 Å². The molecular weight excluding hydrogens is 286 g/mol. The van der Waals surface area contributed by atoms with Crippen molar-refractivity contribution in [2.24, 2.45) is 0 Å². The molecule has 100 valence electrons. The van der Waals surface area contributed by atoms with E-state index in [4.69, 9.17) is 11.6 Å². The van der Waals surface area contributed by atoms with Gasteiger partial charge in [0.15, 0.2) is 0 Å². The molecule has 1 aliphatic heterocycles. The average molecular weight is 304 g/mol. The fourth-order valence-corrected chi connectivity index (χ4v) is 4.44. The van der Waals surface area contributed by atoms with Gasteiger partial charge in [-0.1, -0.05) is 0 Å². The Morgan fingerprint density at radius 2 is 2.44 bits per heavy atom. The lowest BCUT2D eigenvalue weighted by atomic mass is 10.2. The number of alkyl halides is 1. The number of thioether (sulfide) groups is 1. The van der Waals surface area contributed by atoms with Crippen molar-refractivity contribution in [2.45, 2.75) is 38.0 Å². The Labute approximate surface area is 121 Å². The summed E-state index contributed by atoms with van der Waals surface area (Å²) in [6.45, 7) is 2.04. The molecule has 0 saturated heterocycles. The van der Waals surface area contributed by atoms with Crippen molar-refractivity contribution in [1.82, 2.24) is 5.32 Å². The zero-order chi connectivity index (χ0) is 13.0. The second kappa shape index (κ2) is 6.83. The molecular formula is C13H18ClNOS2. The number of carbonyl (C=O) groups is 1. The van der Waals surface area contributed by atoms with Gasteiger partial charge in [0, 0.05) is 22.6 Å². The van der Waals surface area contributed by atoms with Crippen LogP contribution in [0.4, 0.5) is 0 Å². The number of nitrogens with one attached hydrogen (secondary N) is 1. The van der Waals surface area contributed by atoms with E-state index in [2.05, 4.69) is 11.4 Å². The first kappa shape index (κ1) is 14.2. The summed E-state index contributed by atoms with van der Waals surface area (Å²) in [6, 6.07) is 2.26. The van der Waals surface area contributed by atoms with Crippen molar-refractivity contribution in [3.63, 3.8) is 0 Å². The maximum absolute atomic E-state index is 12.1. The highest BCUT2D eigenvalue weighted by molar-refractivity contribution is 7.98. The Bertz CT molecular complexity index is 396. The molecule has 0 aliphatic carbocycles. The maximum atomic E-state index is 12.1. The summed E-state index contributed by atoms with van der Waals surface area (Å²) in [7, 11) is 0. The van der Waals surface area contributed by atoms with E-state index in [-0.39, 0.29) is 11.9 Å². The zero-order valence-corrected chi connectivity index (χ0v) is 12.9. The standard InChI is InChI=1S/C13H18ClNOS2/c1-9(3-2-5-14)15-13(16)12-7-10-8-17-6-4-11(10)18-12/h7,9H,2-6,8H2,1H3,(H,15,16). The van der Waals surface area contributed by atoms with Crippen LogP contribution in [-0.2, 0) is 12.2 Å². The van der Waals surface area contributed by atoms with E-state index in [0.717, 1.165) is 29.9 Å². The quantitative estimate of drug-likeness (QED) is 0.841. The van der Waals surface area contributed by atoms with Gasteiger partial charge >= 0.3 is 0 Å². The van der Waals surface area contributed by atoms with E-state index in [1.165, 1.54) is 16.2 Å². The summed E-state index contributed by atoms with van der Waals surface area (Å²) in [6.07, 6.45) is 3.00. The fraction of sp³-hybridized carbons (Fsp3) is 0.615. The normalized spacial score (nSPS) is 16.1. The Balaban J connectivity index is 1.94. The van der Waals surface area contributed by atoms with Gasteiger partial charge in [-0.25, -0.2) is 0 Å². The number of hydrogen-bond donors (Lipinski definition) is 1. The van der Waals surface area contributed by atoms with Gasteiger partial charge in [-0.2, -0.15) is 11.8 Å². The van der Waals surface area contributed by atoms with Gasteiger partial charge in [0.25, 0.3) is 5.91 Å². The average Bonchev–Trinajstić information content (AvgIpc) is 2.80. The number of hydrogen-bond acceptors (Lipinski definition) is 3. The van der Waals surface area contributed by atoms with Crippen molar-refractivity contribution in [2.75, 3.05) is 11.6 Å². The topological polar surface area (TPSA) is 29.1 Å². The third-order valence-corrected chi connectivity index (χ3v) is 5.51. The van der Waals surface area contributed by atoms with Crippen LogP contribution in [0, 0.1) is 0 Å². The van der Waals surface area contributed by atoms with Crippen LogP contribution in [0.3, 0.4) is 0 Å². The minimum absolute atomic E-state index is 0.0708. The van der Waals surface area contributed by atoms with Crippen molar-refractivity contribution in [3.8, 4) is 0 Å². The molecule has 0 fully saturated rings. The molecule has 1 unspecified atom stereocenters. The number of rotatable bonds is 5. The highest BCUT2D eigenvalue weighted by Gasteiger charge is 2.18. The van der Waals surface area contributed by atoms with Crippen molar-refractivity contribution < 1.29 is 4.79 Å². The predicted octanol–water partition coefficient (Wildman–Crippen LogP) is 3.67. The lowest BCUT2D eigenvalue weighted by Gasteiger charge is -2.11. The second-order valence-corrected chi connectivity index (χ2v) is 7.19. The highest BCUT2D eigenvalue weighted by atomic mass is 35.5.